The number of hydrogen-bond donors (Lipinski definition) is 1. The number of halogens is 2. The number of ether oxygens (including phenoxy) is 2. The highest BCUT2D eigenvalue weighted by molar-refractivity contribution is 9.10. The van der Waals surface area contributed by atoms with Gasteiger partial charge < -0.3 is 14.8 Å². The van der Waals surface area contributed by atoms with Gasteiger partial charge in [0.1, 0.15) is 11.6 Å². The van der Waals surface area contributed by atoms with Gasteiger partial charge in [-0.3, -0.25) is 0 Å². The van der Waals surface area contributed by atoms with Gasteiger partial charge in [0, 0.05) is 12.6 Å². The molecule has 1 heterocycles. The number of aromatic nitrogens is 1. The summed E-state index contributed by atoms with van der Waals surface area (Å²) in [6.07, 6.45) is 2.27. The summed E-state index contributed by atoms with van der Waals surface area (Å²) in [5, 5.41) is 3.83. The molecule has 9 heteroatoms. The third kappa shape index (κ3) is 7.57. The molecule has 4 aromatic rings. The largest absolute Gasteiger partial charge is 0.491 e. The van der Waals surface area contributed by atoms with Crippen molar-refractivity contribution in [1.29, 1.82) is 0 Å². The fourth-order valence-corrected chi connectivity index (χ4v) is 5.37. The van der Waals surface area contributed by atoms with Gasteiger partial charge in [0.2, 0.25) is 0 Å². The van der Waals surface area contributed by atoms with E-state index in [1.54, 1.807) is 37.4 Å². The molecule has 198 valence electrons. The van der Waals surface area contributed by atoms with Crippen molar-refractivity contribution < 1.29 is 17.9 Å². The van der Waals surface area contributed by atoms with E-state index in [0.717, 1.165) is 16.7 Å². The van der Waals surface area contributed by atoms with Crippen LogP contribution in [0.4, 0.5) is 11.5 Å². The van der Waals surface area contributed by atoms with Crippen LogP contribution < -0.4 is 10.1 Å². The maximum atomic E-state index is 12.4. The number of nitrogens with zero attached hydrogens (tertiary/aromatic N) is 1. The second kappa shape index (κ2) is 13.2. The van der Waals surface area contributed by atoms with Crippen LogP contribution in [-0.4, -0.2) is 32.4 Å². The molecule has 0 unspecified atom stereocenters. The molecule has 0 aliphatic carbocycles. The van der Waals surface area contributed by atoms with Crippen LogP contribution in [0, 0.1) is 0 Å². The molecule has 0 bridgehead atoms. The Balaban J connectivity index is 1.52. The molecule has 0 aliphatic heterocycles. The number of rotatable bonds is 12. The molecule has 0 spiro atoms. The van der Waals surface area contributed by atoms with Crippen LogP contribution in [-0.2, 0) is 21.2 Å². The van der Waals surface area contributed by atoms with Crippen molar-refractivity contribution in [2.24, 2.45) is 0 Å². The lowest BCUT2D eigenvalue weighted by Gasteiger charge is -2.16. The number of hydrogen-bond acceptors (Lipinski definition) is 6. The first kappa shape index (κ1) is 28.1. The lowest BCUT2D eigenvalue weighted by Crippen LogP contribution is -2.05. The van der Waals surface area contributed by atoms with Gasteiger partial charge in [0.05, 0.1) is 45.7 Å². The Morgan fingerprint density at radius 3 is 2.50 bits per heavy atom. The SMILES string of the molecule is CCS(=O)(=O)c1cccc(-c2ccc(OCCCOCc3ccccc3)c(Nc3ncc(Cl)cc3Br)c2)c1. The Morgan fingerprint density at radius 1 is 0.947 bits per heavy atom. The molecule has 0 aliphatic rings. The predicted octanol–water partition coefficient (Wildman–Crippen LogP) is 7.69. The van der Waals surface area contributed by atoms with Gasteiger partial charge in [-0.05, 0) is 63.0 Å². The van der Waals surface area contributed by atoms with Crippen LogP contribution in [0.5, 0.6) is 5.75 Å². The van der Waals surface area contributed by atoms with Crippen LogP contribution in [0.25, 0.3) is 11.1 Å². The lowest BCUT2D eigenvalue weighted by atomic mass is 10.0. The molecular formula is C29H28BrClN2O4S. The predicted molar refractivity (Wildman–Crippen MR) is 156 cm³/mol. The van der Waals surface area contributed by atoms with Gasteiger partial charge in [0.25, 0.3) is 0 Å². The minimum absolute atomic E-state index is 0.0430. The molecule has 0 atom stereocenters. The van der Waals surface area contributed by atoms with Crippen molar-refractivity contribution in [3.63, 3.8) is 0 Å². The zero-order valence-corrected chi connectivity index (χ0v) is 24.0. The molecule has 1 aromatic heterocycles. The Hall–Kier alpha value is -2.91. The van der Waals surface area contributed by atoms with E-state index in [1.165, 1.54) is 0 Å². The van der Waals surface area contributed by atoms with Crippen molar-refractivity contribution in [1.82, 2.24) is 4.98 Å². The second-order valence-electron chi connectivity index (χ2n) is 8.49. The molecule has 38 heavy (non-hydrogen) atoms. The van der Waals surface area contributed by atoms with Crippen LogP contribution >= 0.6 is 27.5 Å². The van der Waals surface area contributed by atoms with Gasteiger partial charge in [0.15, 0.2) is 9.84 Å². The number of nitrogens with one attached hydrogen (secondary N) is 1. The first-order valence-electron chi connectivity index (χ1n) is 12.2. The molecule has 0 amide bonds. The summed E-state index contributed by atoms with van der Waals surface area (Å²) in [6.45, 7) is 3.23. The summed E-state index contributed by atoms with van der Waals surface area (Å²) in [5.74, 6) is 1.25. The highest BCUT2D eigenvalue weighted by Gasteiger charge is 2.14. The molecule has 0 saturated heterocycles. The monoisotopic (exact) mass is 614 g/mol. The van der Waals surface area contributed by atoms with E-state index in [2.05, 4.69) is 26.2 Å². The molecule has 6 nitrogen and oxygen atoms in total. The van der Waals surface area contributed by atoms with E-state index >= 15 is 0 Å². The topological polar surface area (TPSA) is 77.5 Å². The number of sulfone groups is 1. The minimum Gasteiger partial charge on any atom is -0.491 e. The normalized spacial score (nSPS) is 11.3. The Kier molecular flexibility index (Phi) is 9.80. The van der Waals surface area contributed by atoms with E-state index in [1.807, 2.05) is 54.6 Å². The highest BCUT2D eigenvalue weighted by Crippen LogP contribution is 2.35. The first-order valence-corrected chi connectivity index (χ1v) is 15.0. The average molecular weight is 616 g/mol. The molecular weight excluding hydrogens is 588 g/mol. The zero-order chi connectivity index (χ0) is 27.0. The third-order valence-corrected chi connectivity index (χ3v) is 8.29. The molecule has 1 N–H and O–H groups in total. The van der Waals surface area contributed by atoms with Crippen LogP contribution in [0.2, 0.25) is 5.02 Å². The zero-order valence-electron chi connectivity index (χ0n) is 20.9. The number of pyridine rings is 1. The maximum absolute atomic E-state index is 12.4. The average Bonchev–Trinajstić information content (AvgIpc) is 2.93. The summed E-state index contributed by atoms with van der Waals surface area (Å²) in [4.78, 5) is 4.68. The summed E-state index contributed by atoms with van der Waals surface area (Å²) in [5.41, 5.74) is 3.44. The molecule has 0 radical (unpaired) electrons. The van der Waals surface area contributed by atoms with Crippen LogP contribution in [0.15, 0.2) is 94.4 Å². The maximum Gasteiger partial charge on any atom is 0.178 e. The summed E-state index contributed by atoms with van der Waals surface area (Å²) in [6, 6.07) is 24.4. The summed E-state index contributed by atoms with van der Waals surface area (Å²) < 4.78 is 37.4. The van der Waals surface area contributed by atoms with Gasteiger partial charge in [-0.2, -0.15) is 0 Å². The molecule has 4 rings (SSSR count). The van der Waals surface area contributed by atoms with E-state index in [-0.39, 0.29) is 5.75 Å². The fraction of sp³-hybridized carbons (Fsp3) is 0.207. The van der Waals surface area contributed by atoms with Gasteiger partial charge in [-0.1, -0.05) is 67.1 Å². The fourth-order valence-electron chi connectivity index (χ4n) is 3.71. The third-order valence-electron chi connectivity index (χ3n) is 5.75. The molecule has 0 saturated carbocycles. The highest BCUT2D eigenvalue weighted by atomic mass is 79.9. The summed E-state index contributed by atoms with van der Waals surface area (Å²) in [7, 11) is -3.32. The lowest BCUT2D eigenvalue weighted by molar-refractivity contribution is 0.107. The molecule has 3 aromatic carbocycles. The number of benzene rings is 3. The standard InChI is InChI=1S/C29H28BrClN2O4S/c1-2-38(34,35)25-11-6-10-22(16-25)23-12-13-28(27(17-23)33-29-26(30)18-24(31)19-32-29)37-15-7-14-36-20-21-8-4-3-5-9-21/h3-6,8-13,16-19H,2,7,14-15,20H2,1H3,(H,32,33). The van der Waals surface area contributed by atoms with E-state index in [0.29, 0.717) is 57.9 Å². The number of anilines is 2. The Bertz CT molecular complexity index is 1480. The van der Waals surface area contributed by atoms with Crippen LogP contribution in [0.3, 0.4) is 0 Å². The second-order valence-corrected chi connectivity index (χ2v) is 12.1. The first-order chi connectivity index (χ1) is 18.4. The van der Waals surface area contributed by atoms with Crippen molar-refractivity contribution in [2.45, 2.75) is 24.8 Å². The Morgan fingerprint density at radius 2 is 1.74 bits per heavy atom. The van der Waals surface area contributed by atoms with E-state index in [9.17, 15) is 8.42 Å². The van der Waals surface area contributed by atoms with E-state index < -0.39 is 9.84 Å². The minimum atomic E-state index is -3.32. The molecule has 0 fully saturated rings. The van der Waals surface area contributed by atoms with E-state index in [4.69, 9.17) is 21.1 Å². The van der Waals surface area contributed by atoms with Gasteiger partial charge in [-0.25, -0.2) is 13.4 Å². The van der Waals surface area contributed by atoms with Crippen molar-refractivity contribution in [3.05, 3.63) is 100 Å². The quantitative estimate of drug-likeness (QED) is 0.165. The van der Waals surface area contributed by atoms with Crippen LogP contribution in [0.1, 0.15) is 18.9 Å². The van der Waals surface area contributed by atoms with Gasteiger partial charge in [-0.15, -0.1) is 0 Å². The van der Waals surface area contributed by atoms with Gasteiger partial charge >= 0.3 is 0 Å². The van der Waals surface area contributed by atoms with Crippen molar-refractivity contribution in [3.8, 4) is 16.9 Å². The Labute approximate surface area is 237 Å². The van der Waals surface area contributed by atoms with Crippen molar-refractivity contribution >= 4 is 48.9 Å². The van der Waals surface area contributed by atoms with Crippen molar-refractivity contribution in [2.75, 3.05) is 24.3 Å². The summed E-state index contributed by atoms with van der Waals surface area (Å²) >= 11 is 9.56. The smallest absolute Gasteiger partial charge is 0.178 e.